The lowest BCUT2D eigenvalue weighted by molar-refractivity contribution is 0.294. The predicted octanol–water partition coefficient (Wildman–Crippen LogP) is 3.66. The molecule has 140 valence electrons. The quantitative estimate of drug-likeness (QED) is 0.560. The van der Waals surface area contributed by atoms with Crippen LogP contribution in [0.15, 0.2) is 47.5 Å². The summed E-state index contributed by atoms with van der Waals surface area (Å²) in [6, 6.07) is 14.3. The zero-order chi connectivity index (χ0) is 18.8. The molecule has 0 saturated heterocycles. The van der Waals surface area contributed by atoms with E-state index in [0.717, 1.165) is 36.0 Å². The second-order valence-electron chi connectivity index (χ2n) is 6.04. The summed E-state index contributed by atoms with van der Waals surface area (Å²) in [7, 11) is 3.43. The Labute approximate surface area is 156 Å². The van der Waals surface area contributed by atoms with E-state index in [0.29, 0.717) is 13.2 Å². The zero-order valence-corrected chi connectivity index (χ0v) is 16.1. The van der Waals surface area contributed by atoms with Gasteiger partial charge in [-0.05, 0) is 42.2 Å². The molecule has 0 atom stereocenters. The third-order valence-electron chi connectivity index (χ3n) is 4.08. The number of hydrogen-bond acceptors (Lipinski definition) is 3. The maximum Gasteiger partial charge on any atom is 0.191 e. The van der Waals surface area contributed by atoms with Gasteiger partial charge in [-0.15, -0.1) is 0 Å². The van der Waals surface area contributed by atoms with Crippen LogP contribution in [0.4, 0.5) is 0 Å². The van der Waals surface area contributed by atoms with Gasteiger partial charge in [0.05, 0.1) is 13.7 Å². The molecule has 26 heavy (non-hydrogen) atoms. The van der Waals surface area contributed by atoms with Crippen molar-refractivity contribution < 1.29 is 9.47 Å². The number of aliphatic imine (C=N–C) groups is 1. The molecule has 0 radical (unpaired) electrons. The third kappa shape index (κ3) is 5.69. The van der Waals surface area contributed by atoms with Gasteiger partial charge in [-0.2, -0.15) is 0 Å². The molecule has 0 amide bonds. The van der Waals surface area contributed by atoms with E-state index >= 15 is 0 Å². The molecule has 0 aromatic heterocycles. The smallest absolute Gasteiger partial charge is 0.191 e. The number of nitrogens with zero attached hydrogens (tertiary/aromatic N) is 1. The first-order valence-corrected chi connectivity index (χ1v) is 8.96. The lowest BCUT2D eigenvalue weighted by atomic mass is 10.1. The minimum Gasteiger partial charge on any atom is -0.493 e. The average Bonchev–Trinajstić information content (AvgIpc) is 2.68. The van der Waals surface area contributed by atoms with Crippen LogP contribution in [0.2, 0.25) is 0 Å². The van der Waals surface area contributed by atoms with Crippen LogP contribution in [-0.4, -0.2) is 26.7 Å². The van der Waals surface area contributed by atoms with Gasteiger partial charge in [-0.1, -0.05) is 37.3 Å². The van der Waals surface area contributed by atoms with Crippen molar-refractivity contribution in [2.24, 2.45) is 4.99 Å². The first-order valence-electron chi connectivity index (χ1n) is 8.96. The van der Waals surface area contributed by atoms with Crippen molar-refractivity contribution in [2.45, 2.75) is 33.4 Å². The van der Waals surface area contributed by atoms with E-state index < -0.39 is 0 Å². The molecule has 2 N–H and O–H groups in total. The fraction of sp³-hybridized carbons (Fsp3) is 0.381. The van der Waals surface area contributed by atoms with Crippen LogP contribution in [0.5, 0.6) is 11.5 Å². The predicted molar refractivity (Wildman–Crippen MR) is 107 cm³/mol. The van der Waals surface area contributed by atoms with E-state index in [1.807, 2.05) is 24.3 Å². The maximum absolute atomic E-state index is 5.70. The molecule has 0 bridgehead atoms. The van der Waals surface area contributed by atoms with Gasteiger partial charge in [0, 0.05) is 20.1 Å². The molecular formula is C21H29N3O2. The number of hydrogen-bond donors (Lipinski definition) is 2. The molecule has 0 spiro atoms. The highest BCUT2D eigenvalue weighted by Crippen LogP contribution is 2.28. The highest BCUT2D eigenvalue weighted by Gasteiger charge is 2.06. The number of guanidine groups is 1. The fourth-order valence-electron chi connectivity index (χ4n) is 2.55. The second kappa shape index (κ2) is 10.3. The number of rotatable bonds is 8. The standard InChI is InChI=1S/C21H29N3O2/c1-5-12-26-19-11-10-17(13-20(19)25-4)14-23-21(22-3)24-15-18-9-7-6-8-16(18)2/h6-11,13H,5,12,14-15H2,1-4H3,(H2,22,23,24). The van der Waals surface area contributed by atoms with Crippen molar-refractivity contribution >= 4 is 5.96 Å². The monoisotopic (exact) mass is 355 g/mol. The van der Waals surface area contributed by atoms with Crippen LogP contribution >= 0.6 is 0 Å². The highest BCUT2D eigenvalue weighted by atomic mass is 16.5. The summed E-state index contributed by atoms with van der Waals surface area (Å²) >= 11 is 0. The fourth-order valence-corrected chi connectivity index (χ4v) is 2.55. The maximum atomic E-state index is 5.70. The molecule has 0 unspecified atom stereocenters. The summed E-state index contributed by atoms with van der Waals surface area (Å²) in [5.41, 5.74) is 3.63. The van der Waals surface area contributed by atoms with Crippen molar-refractivity contribution in [3.8, 4) is 11.5 Å². The van der Waals surface area contributed by atoms with Crippen LogP contribution in [-0.2, 0) is 13.1 Å². The normalized spacial score (nSPS) is 11.2. The lowest BCUT2D eigenvalue weighted by Crippen LogP contribution is -2.36. The van der Waals surface area contributed by atoms with Crippen molar-refractivity contribution in [2.75, 3.05) is 20.8 Å². The van der Waals surface area contributed by atoms with Gasteiger partial charge < -0.3 is 20.1 Å². The van der Waals surface area contributed by atoms with Crippen molar-refractivity contribution in [1.82, 2.24) is 10.6 Å². The summed E-state index contributed by atoms with van der Waals surface area (Å²) in [6.07, 6.45) is 0.968. The number of nitrogens with one attached hydrogen (secondary N) is 2. The van der Waals surface area contributed by atoms with Gasteiger partial charge in [-0.3, -0.25) is 4.99 Å². The molecule has 5 nitrogen and oxygen atoms in total. The molecule has 5 heteroatoms. The Morgan fingerprint density at radius 3 is 2.50 bits per heavy atom. The van der Waals surface area contributed by atoms with E-state index in [1.54, 1.807) is 14.2 Å². The van der Waals surface area contributed by atoms with E-state index in [9.17, 15) is 0 Å². The number of benzene rings is 2. The molecule has 0 aliphatic carbocycles. The Bertz CT molecular complexity index is 729. The van der Waals surface area contributed by atoms with Gasteiger partial charge in [0.2, 0.25) is 0 Å². The van der Waals surface area contributed by atoms with E-state index in [1.165, 1.54) is 11.1 Å². The van der Waals surface area contributed by atoms with Crippen molar-refractivity contribution in [3.05, 3.63) is 59.2 Å². The van der Waals surface area contributed by atoms with Crippen molar-refractivity contribution in [1.29, 1.82) is 0 Å². The van der Waals surface area contributed by atoms with Crippen LogP contribution in [0.3, 0.4) is 0 Å². The summed E-state index contributed by atoms with van der Waals surface area (Å²) in [5.74, 6) is 2.29. The van der Waals surface area contributed by atoms with Crippen LogP contribution < -0.4 is 20.1 Å². The van der Waals surface area contributed by atoms with Crippen LogP contribution in [0, 0.1) is 6.92 Å². The molecule has 0 aliphatic rings. The highest BCUT2D eigenvalue weighted by molar-refractivity contribution is 5.79. The van der Waals surface area contributed by atoms with Crippen molar-refractivity contribution in [3.63, 3.8) is 0 Å². The minimum atomic E-state index is 0.651. The largest absolute Gasteiger partial charge is 0.493 e. The lowest BCUT2D eigenvalue weighted by Gasteiger charge is -2.15. The summed E-state index contributed by atoms with van der Waals surface area (Å²) in [6.45, 7) is 6.27. The van der Waals surface area contributed by atoms with E-state index in [4.69, 9.17) is 9.47 Å². The minimum absolute atomic E-state index is 0.651. The topological polar surface area (TPSA) is 54.9 Å². The van der Waals surface area contributed by atoms with Gasteiger partial charge in [0.25, 0.3) is 0 Å². The molecule has 0 fully saturated rings. The number of aryl methyl sites for hydroxylation is 1. The van der Waals surface area contributed by atoms with Gasteiger partial charge in [0.1, 0.15) is 0 Å². The van der Waals surface area contributed by atoms with Gasteiger partial charge in [-0.25, -0.2) is 0 Å². The van der Waals surface area contributed by atoms with E-state index in [2.05, 4.69) is 47.7 Å². The SMILES string of the molecule is CCCOc1ccc(CNC(=NC)NCc2ccccc2C)cc1OC. The van der Waals surface area contributed by atoms with Gasteiger partial charge >= 0.3 is 0 Å². The Balaban J connectivity index is 1.92. The Morgan fingerprint density at radius 1 is 1.04 bits per heavy atom. The van der Waals surface area contributed by atoms with Gasteiger partial charge in [0.15, 0.2) is 17.5 Å². The summed E-state index contributed by atoms with van der Waals surface area (Å²) < 4.78 is 11.1. The first-order chi connectivity index (χ1) is 12.7. The number of ether oxygens (including phenoxy) is 2. The molecule has 0 saturated carbocycles. The molecule has 0 aliphatic heterocycles. The molecular weight excluding hydrogens is 326 g/mol. The Hall–Kier alpha value is -2.69. The van der Waals surface area contributed by atoms with Crippen LogP contribution in [0.1, 0.15) is 30.0 Å². The Kier molecular flexibility index (Phi) is 7.80. The first kappa shape index (κ1) is 19.6. The Morgan fingerprint density at radius 2 is 1.81 bits per heavy atom. The second-order valence-corrected chi connectivity index (χ2v) is 6.04. The van der Waals surface area contributed by atoms with Crippen LogP contribution in [0.25, 0.3) is 0 Å². The molecule has 0 heterocycles. The molecule has 2 aromatic rings. The zero-order valence-electron chi connectivity index (χ0n) is 16.1. The third-order valence-corrected chi connectivity index (χ3v) is 4.08. The summed E-state index contributed by atoms with van der Waals surface area (Å²) in [4.78, 5) is 4.29. The average molecular weight is 355 g/mol. The molecule has 2 rings (SSSR count). The number of methoxy groups -OCH3 is 1. The van der Waals surface area contributed by atoms with E-state index in [-0.39, 0.29) is 0 Å². The summed E-state index contributed by atoms with van der Waals surface area (Å²) in [5, 5.41) is 6.68. The molecule has 2 aromatic carbocycles.